The standard InChI is InChI=1S/C22H23ClN8O/c1-14-11-16(3-4-17(14)23)29-7-9-30(10-8-29)18(32)12-31-22-19(15(2)26-13-27-22)20(28-31)21-24-5-6-25-21/h3-6,11,13H,7-10,12H2,1-2H3,(H,24,25). The summed E-state index contributed by atoms with van der Waals surface area (Å²) in [5.74, 6) is 0.648. The van der Waals surface area contributed by atoms with Crippen molar-refractivity contribution < 1.29 is 4.79 Å². The maximum absolute atomic E-state index is 13.1. The summed E-state index contributed by atoms with van der Waals surface area (Å²) in [4.78, 5) is 33.3. The summed E-state index contributed by atoms with van der Waals surface area (Å²) in [6, 6.07) is 6.04. The van der Waals surface area contributed by atoms with Crippen LogP contribution in [0.2, 0.25) is 5.02 Å². The topological polar surface area (TPSA) is 95.8 Å². The van der Waals surface area contributed by atoms with Gasteiger partial charge in [-0.2, -0.15) is 5.10 Å². The third-order valence-electron chi connectivity index (χ3n) is 5.87. The Morgan fingerprint density at radius 2 is 1.94 bits per heavy atom. The zero-order valence-electron chi connectivity index (χ0n) is 17.9. The minimum atomic E-state index is 0.0172. The Hall–Kier alpha value is -3.46. The first kappa shape index (κ1) is 20.4. The Bertz CT molecular complexity index is 1270. The van der Waals surface area contributed by atoms with E-state index in [9.17, 15) is 4.79 Å². The lowest BCUT2D eigenvalue weighted by atomic mass is 10.2. The minimum absolute atomic E-state index is 0.0172. The largest absolute Gasteiger partial charge is 0.368 e. The molecule has 1 N–H and O–H groups in total. The van der Waals surface area contributed by atoms with Crippen LogP contribution in [0.4, 0.5) is 5.69 Å². The lowest BCUT2D eigenvalue weighted by Gasteiger charge is -2.36. The van der Waals surface area contributed by atoms with Gasteiger partial charge in [0, 0.05) is 49.3 Å². The summed E-state index contributed by atoms with van der Waals surface area (Å²) in [7, 11) is 0. The van der Waals surface area contributed by atoms with E-state index in [-0.39, 0.29) is 12.5 Å². The molecule has 9 nitrogen and oxygen atoms in total. The number of hydrogen-bond donors (Lipinski definition) is 1. The van der Waals surface area contributed by atoms with Gasteiger partial charge in [-0.15, -0.1) is 0 Å². The number of carbonyl (C=O) groups excluding carboxylic acids is 1. The van der Waals surface area contributed by atoms with E-state index in [4.69, 9.17) is 11.6 Å². The number of anilines is 1. The van der Waals surface area contributed by atoms with E-state index < -0.39 is 0 Å². The molecule has 4 aromatic rings. The molecule has 164 valence electrons. The first-order valence-corrected chi connectivity index (χ1v) is 10.9. The molecule has 1 amide bonds. The number of imidazole rings is 1. The lowest BCUT2D eigenvalue weighted by molar-refractivity contribution is -0.132. The van der Waals surface area contributed by atoms with E-state index >= 15 is 0 Å². The van der Waals surface area contributed by atoms with Gasteiger partial charge in [-0.25, -0.2) is 19.6 Å². The number of halogens is 1. The number of aromatic nitrogens is 6. The fourth-order valence-electron chi connectivity index (χ4n) is 4.09. The molecule has 3 aromatic heterocycles. The van der Waals surface area contributed by atoms with Gasteiger partial charge in [0.25, 0.3) is 0 Å². The maximum atomic E-state index is 13.1. The highest BCUT2D eigenvalue weighted by molar-refractivity contribution is 6.31. The second kappa shape index (κ2) is 8.23. The van der Waals surface area contributed by atoms with E-state index in [2.05, 4.69) is 36.0 Å². The highest BCUT2D eigenvalue weighted by atomic mass is 35.5. The maximum Gasteiger partial charge on any atom is 0.244 e. The fraction of sp³-hybridized carbons (Fsp3) is 0.318. The van der Waals surface area contributed by atoms with Crippen LogP contribution in [0.5, 0.6) is 0 Å². The predicted octanol–water partition coefficient (Wildman–Crippen LogP) is 2.84. The van der Waals surface area contributed by atoms with Crippen molar-refractivity contribution in [3.05, 3.63) is 53.2 Å². The van der Waals surface area contributed by atoms with Gasteiger partial charge in [0.15, 0.2) is 11.5 Å². The van der Waals surface area contributed by atoms with Crippen LogP contribution in [0.3, 0.4) is 0 Å². The van der Waals surface area contributed by atoms with Crippen molar-refractivity contribution in [2.45, 2.75) is 20.4 Å². The van der Waals surface area contributed by atoms with E-state index in [1.54, 1.807) is 17.1 Å². The van der Waals surface area contributed by atoms with Gasteiger partial charge < -0.3 is 14.8 Å². The van der Waals surface area contributed by atoms with Crippen LogP contribution in [0.15, 0.2) is 36.9 Å². The van der Waals surface area contributed by atoms with Gasteiger partial charge in [0.1, 0.15) is 18.6 Å². The first-order valence-electron chi connectivity index (χ1n) is 10.5. The zero-order valence-corrected chi connectivity index (χ0v) is 18.7. The van der Waals surface area contributed by atoms with Crippen molar-refractivity contribution in [3.63, 3.8) is 0 Å². The molecule has 0 radical (unpaired) electrons. The Labute approximate surface area is 190 Å². The zero-order chi connectivity index (χ0) is 22.2. The Kier molecular flexibility index (Phi) is 5.26. The van der Waals surface area contributed by atoms with E-state index in [1.807, 2.05) is 30.9 Å². The average Bonchev–Trinajstić information content (AvgIpc) is 3.45. The average molecular weight is 451 g/mol. The first-order chi connectivity index (χ1) is 15.5. The van der Waals surface area contributed by atoms with Crippen LogP contribution in [0, 0.1) is 13.8 Å². The quantitative estimate of drug-likeness (QED) is 0.513. The number of hydrogen-bond acceptors (Lipinski definition) is 6. The van der Waals surface area contributed by atoms with Crippen LogP contribution >= 0.6 is 11.6 Å². The van der Waals surface area contributed by atoms with Gasteiger partial charge in [-0.05, 0) is 37.6 Å². The van der Waals surface area contributed by atoms with E-state index in [0.29, 0.717) is 30.3 Å². The Morgan fingerprint density at radius 1 is 1.12 bits per heavy atom. The van der Waals surface area contributed by atoms with E-state index in [1.165, 1.54) is 6.33 Å². The third-order valence-corrected chi connectivity index (χ3v) is 6.29. The summed E-state index contributed by atoms with van der Waals surface area (Å²) in [6.07, 6.45) is 4.91. The van der Waals surface area contributed by atoms with Gasteiger partial charge in [0.2, 0.25) is 5.91 Å². The molecule has 10 heteroatoms. The molecule has 1 aromatic carbocycles. The molecule has 5 rings (SSSR count). The molecule has 0 unspecified atom stereocenters. The van der Waals surface area contributed by atoms with Crippen LogP contribution < -0.4 is 4.90 Å². The second-order valence-electron chi connectivity index (χ2n) is 7.90. The highest BCUT2D eigenvalue weighted by Gasteiger charge is 2.24. The van der Waals surface area contributed by atoms with Crippen molar-refractivity contribution in [3.8, 4) is 11.5 Å². The molecule has 1 aliphatic heterocycles. The van der Waals surface area contributed by atoms with Gasteiger partial charge >= 0.3 is 0 Å². The summed E-state index contributed by atoms with van der Waals surface area (Å²) in [6.45, 7) is 6.87. The van der Waals surface area contributed by atoms with Crippen molar-refractivity contribution in [1.29, 1.82) is 0 Å². The smallest absolute Gasteiger partial charge is 0.244 e. The number of aryl methyl sites for hydroxylation is 2. The molecular formula is C22H23ClN8O. The number of nitrogens with zero attached hydrogens (tertiary/aromatic N) is 7. The van der Waals surface area contributed by atoms with Crippen LogP contribution in [-0.4, -0.2) is 66.7 Å². The molecule has 0 aliphatic carbocycles. The molecule has 1 aliphatic rings. The van der Waals surface area contributed by atoms with Crippen molar-refractivity contribution >= 4 is 34.2 Å². The number of fused-ring (bicyclic) bond motifs is 1. The number of piperazine rings is 1. The van der Waals surface area contributed by atoms with Gasteiger partial charge in [-0.3, -0.25) is 4.79 Å². The molecule has 1 fully saturated rings. The fourth-order valence-corrected chi connectivity index (χ4v) is 4.21. The molecule has 0 atom stereocenters. The highest BCUT2D eigenvalue weighted by Crippen LogP contribution is 2.27. The number of benzene rings is 1. The number of rotatable bonds is 4. The molecule has 1 saturated heterocycles. The number of amides is 1. The van der Waals surface area contributed by atoms with Crippen LogP contribution in [0.1, 0.15) is 11.3 Å². The normalized spacial score (nSPS) is 14.3. The molecular weight excluding hydrogens is 428 g/mol. The summed E-state index contributed by atoms with van der Waals surface area (Å²) in [5, 5.41) is 6.23. The number of nitrogens with one attached hydrogen (secondary N) is 1. The molecule has 0 spiro atoms. The van der Waals surface area contributed by atoms with Gasteiger partial charge in [-0.1, -0.05) is 11.6 Å². The Balaban J connectivity index is 1.33. The van der Waals surface area contributed by atoms with Crippen molar-refractivity contribution in [2.75, 3.05) is 31.1 Å². The molecule has 0 bridgehead atoms. The predicted molar refractivity (Wildman–Crippen MR) is 123 cm³/mol. The minimum Gasteiger partial charge on any atom is -0.368 e. The third kappa shape index (κ3) is 3.69. The van der Waals surface area contributed by atoms with Gasteiger partial charge in [0.05, 0.1) is 11.1 Å². The summed E-state index contributed by atoms with van der Waals surface area (Å²) in [5.41, 5.74) is 4.27. The van der Waals surface area contributed by atoms with E-state index in [0.717, 1.165) is 40.4 Å². The summed E-state index contributed by atoms with van der Waals surface area (Å²) >= 11 is 6.15. The number of aromatic amines is 1. The molecule has 4 heterocycles. The lowest BCUT2D eigenvalue weighted by Crippen LogP contribution is -2.49. The number of H-pyrrole nitrogens is 1. The van der Waals surface area contributed by atoms with Crippen LogP contribution in [-0.2, 0) is 11.3 Å². The Morgan fingerprint density at radius 3 is 2.66 bits per heavy atom. The number of carbonyl (C=O) groups is 1. The summed E-state index contributed by atoms with van der Waals surface area (Å²) < 4.78 is 1.65. The van der Waals surface area contributed by atoms with Crippen molar-refractivity contribution in [2.24, 2.45) is 0 Å². The van der Waals surface area contributed by atoms with Crippen LogP contribution in [0.25, 0.3) is 22.6 Å². The molecule has 0 saturated carbocycles. The SMILES string of the molecule is Cc1cc(N2CCN(C(=O)Cn3nc(-c4ncc[nH]4)c4c(C)ncnc43)CC2)ccc1Cl. The van der Waals surface area contributed by atoms with Crippen molar-refractivity contribution in [1.82, 2.24) is 34.6 Å². The second-order valence-corrected chi connectivity index (χ2v) is 8.31. The monoisotopic (exact) mass is 450 g/mol. The molecule has 32 heavy (non-hydrogen) atoms.